The normalized spacial score (nSPS) is 12.8. The van der Waals surface area contributed by atoms with Crippen molar-refractivity contribution < 1.29 is 8.42 Å². The second-order valence-corrected chi connectivity index (χ2v) is 10.0. The standard InChI is InChI=1S/C20H22Cl2N4O2S2/c1-4-26-19(23-24-20(26)29-3)18(11-14-7-5-13(2)6-8-14)25-30(27,28)15-9-10-16(21)17(22)12-15/h5-10,12,18,25H,4,11H2,1-3H3. The van der Waals surface area contributed by atoms with Crippen molar-refractivity contribution in [2.75, 3.05) is 6.26 Å². The summed E-state index contributed by atoms with van der Waals surface area (Å²) in [6.07, 6.45) is 2.34. The van der Waals surface area contributed by atoms with Gasteiger partial charge in [-0.3, -0.25) is 0 Å². The first-order chi connectivity index (χ1) is 14.2. The molecule has 3 rings (SSSR count). The van der Waals surface area contributed by atoms with E-state index in [1.807, 2.05) is 48.9 Å². The molecule has 1 atom stereocenters. The van der Waals surface area contributed by atoms with Gasteiger partial charge >= 0.3 is 0 Å². The van der Waals surface area contributed by atoms with E-state index in [2.05, 4.69) is 14.9 Å². The molecule has 1 unspecified atom stereocenters. The van der Waals surface area contributed by atoms with Gasteiger partial charge in [0.05, 0.1) is 21.0 Å². The average Bonchev–Trinajstić information content (AvgIpc) is 3.14. The van der Waals surface area contributed by atoms with E-state index in [4.69, 9.17) is 23.2 Å². The van der Waals surface area contributed by atoms with Crippen molar-refractivity contribution in [2.45, 2.75) is 42.9 Å². The molecular formula is C20H22Cl2N4O2S2. The Balaban J connectivity index is 2.01. The lowest BCUT2D eigenvalue weighted by Gasteiger charge is -2.20. The van der Waals surface area contributed by atoms with Gasteiger partial charge < -0.3 is 4.57 Å². The first kappa shape index (κ1) is 23.1. The van der Waals surface area contributed by atoms with Gasteiger partial charge in [0, 0.05) is 6.54 Å². The molecule has 1 heterocycles. The molecule has 0 saturated heterocycles. The Labute approximate surface area is 191 Å². The van der Waals surface area contributed by atoms with E-state index in [1.165, 1.54) is 30.0 Å². The van der Waals surface area contributed by atoms with Crippen LogP contribution in [0.2, 0.25) is 10.0 Å². The highest BCUT2D eigenvalue weighted by Gasteiger charge is 2.27. The van der Waals surface area contributed by atoms with Crippen molar-refractivity contribution in [2.24, 2.45) is 0 Å². The van der Waals surface area contributed by atoms with Crippen molar-refractivity contribution >= 4 is 45.0 Å². The lowest BCUT2D eigenvalue weighted by molar-refractivity contribution is 0.518. The van der Waals surface area contributed by atoms with Crippen LogP contribution in [0.4, 0.5) is 0 Å². The van der Waals surface area contributed by atoms with E-state index < -0.39 is 16.1 Å². The predicted octanol–water partition coefficient (Wildman–Crippen LogP) is 4.90. The van der Waals surface area contributed by atoms with Crippen molar-refractivity contribution in [3.05, 3.63) is 69.5 Å². The molecule has 0 fully saturated rings. The number of aromatic nitrogens is 3. The number of nitrogens with zero attached hydrogens (tertiary/aromatic N) is 3. The third-order valence-electron chi connectivity index (χ3n) is 4.62. The van der Waals surface area contributed by atoms with Crippen LogP contribution in [-0.4, -0.2) is 29.4 Å². The zero-order chi connectivity index (χ0) is 21.9. The summed E-state index contributed by atoms with van der Waals surface area (Å²) in [4.78, 5) is 0.0402. The van der Waals surface area contributed by atoms with E-state index in [9.17, 15) is 8.42 Å². The molecule has 1 aromatic heterocycles. The molecule has 0 spiro atoms. The third kappa shape index (κ3) is 5.18. The number of rotatable bonds is 8. The van der Waals surface area contributed by atoms with Crippen LogP contribution < -0.4 is 4.72 Å². The number of sulfonamides is 1. The summed E-state index contributed by atoms with van der Waals surface area (Å²) in [6.45, 7) is 4.60. The van der Waals surface area contributed by atoms with Gasteiger partial charge in [-0.2, -0.15) is 0 Å². The summed E-state index contributed by atoms with van der Waals surface area (Å²) in [6, 6.07) is 11.6. The van der Waals surface area contributed by atoms with Gasteiger partial charge in [-0.25, -0.2) is 13.1 Å². The van der Waals surface area contributed by atoms with Gasteiger partial charge in [0.15, 0.2) is 11.0 Å². The largest absolute Gasteiger partial charge is 0.305 e. The van der Waals surface area contributed by atoms with Crippen molar-refractivity contribution in [3.8, 4) is 0 Å². The van der Waals surface area contributed by atoms with Crippen LogP contribution in [0.15, 0.2) is 52.5 Å². The van der Waals surface area contributed by atoms with Crippen LogP contribution in [0.1, 0.15) is 29.9 Å². The van der Waals surface area contributed by atoms with Gasteiger partial charge in [0.2, 0.25) is 10.0 Å². The molecule has 0 aliphatic heterocycles. The summed E-state index contributed by atoms with van der Waals surface area (Å²) < 4.78 is 31.0. The highest BCUT2D eigenvalue weighted by molar-refractivity contribution is 7.98. The molecule has 6 nitrogen and oxygen atoms in total. The van der Waals surface area contributed by atoms with Crippen molar-refractivity contribution in [1.82, 2.24) is 19.5 Å². The predicted molar refractivity (Wildman–Crippen MR) is 122 cm³/mol. The number of aryl methyl sites for hydroxylation is 1. The number of hydrogen-bond donors (Lipinski definition) is 1. The molecule has 2 aromatic carbocycles. The number of halogens is 2. The Morgan fingerprint density at radius 3 is 2.40 bits per heavy atom. The van der Waals surface area contributed by atoms with Crippen LogP contribution in [-0.2, 0) is 23.0 Å². The summed E-state index contributed by atoms with van der Waals surface area (Å²) in [5.74, 6) is 0.561. The number of benzene rings is 2. The van der Waals surface area contributed by atoms with Crippen molar-refractivity contribution in [1.29, 1.82) is 0 Å². The van der Waals surface area contributed by atoms with E-state index in [0.29, 0.717) is 23.8 Å². The molecule has 160 valence electrons. The smallest absolute Gasteiger partial charge is 0.241 e. The molecule has 1 N–H and O–H groups in total. The van der Waals surface area contributed by atoms with E-state index in [-0.39, 0.29) is 9.92 Å². The highest BCUT2D eigenvalue weighted by Crippen LogP contribution is 2.27. The quantitative estimate of drug-likeness (QED) is 0.460. The maximum atomic E-state index is 13.1. The summed E-state index contributed by atoms with van der Waals surface area (Å²) in [7, 11) is -3.88. The fourth-order valence-electron chi connectivity index (χ4n) is 3.05. The maximum absolute atomic E-state index is 13.1. The minimum absolute atomic E-state index is 0.0402. The molecule has 3 aromatic rings. The highest BCUT2D eigenvalue weighted by atomic mass is 35.5. The molecule has 0 bridgehead atoms. The van der Waals surface area contributed by atoms with Crippen LogP contribution >= 0.6 is 35.0 Å². The zero-order valence-electron chi connectivity index (χ0n) is 16.8. The topological polar surface area (TPSA) is 76.9 Å². The fraction of sp³-hybridized carbons (Fsp3) is 0.300. The Morgan fingerprint density at radius 2 is 1.80 bits per heavy atom. The van der Waals surface area contributed by atoms with Crippen molar-refractivity contribution in [3.63, 3.8) is 0 Å². The first-order valence-corrected chi connectivity index (χ1v) is 12.7. The third-order valence-corrected chi connectivity index (χ3v) is 7.49. The Morgan fingerprint density at radius 1 is 1.10 bits per heavy atom. The van der Waals surface area contributed by atoms with Crippen LogP contribution in [0.25, 0.3) is 0 Å². The molecule has 30 heavy (non-hydrogen) atoms. The summed E-state index contributed by atoms with van der Waals surface area (Å²) >= 11 is 13.4. The van der Waals surface area contributed by atoms with Crippen LogP contribution in [0, 0.1) is 6.92 Å². The first-order valence-electron chi connectivity index (χ1n) is 9.25. The second-order valence-electron chi connectivity index (χ2n) is 6.73. The van der Waals surface area contributed by atoms with E-state index in [0.717, 1.165) is 16.3 Å². The molecular weight excluding hydrogens is 463 g/mol. The number of nitrogens with one attached hydrogen (secondary N) is 1. The fourth-order valence-corrected chi connectivity index (χ4v) is 5.20. The Hall–Kier alpha value is -1.58. The second kappa shape index (κ2) is 9.70. The zero-order valence-corrected chi connectivity index (χ0v) is 19.9. The molecule has 0 amide bonds. The van der Waals surface area contributed by atoms with Gasteiger partial charge in [-0.1, -0.05) is 64.8 Å². The number of thioether (sulfide) groups is 1. The lowest BCUT2D eigenvalue weighted by atomic mass is 10.0. The molecule has 0 radical (unpaired) electrons. The van der Waals surface area contributed by atoms with Gasteiger partial charge in [0.1, 0.15) is 0 Å². The molecule has 0 aliphatic carbocycles. The van der Waals surface area contributed by atoms with Crippen LogP contribution in [0.3, 0.4) is 0 Å². The SMILES string of the molecule is CCn1c(SC)nnc1C(Cc1ccc(C)cc1)NS(=O)(=O)c1ccc(Cl)c(Cl)c1. The van der Waals surface area contributed by atoms with Gasteiger partial charge in [-0.05, 0) is 50.3 Å². The molecule has 10 heteroatoms. The minimum atomic E-state index is -3.88. The lowest BCUT2D eigenvalue weighted by Crippen LogP contribution is -2.32. The Kier molecular flexibility index (Phi) is 7.47. The number of hydrogen-bond acceptors (Lipinski definition) is 5. The molecule has 0 aliphatic rings. The maximum Gasteiger partial charge on any atom is 0.241 e. The molecule has 0 saturated carbocycles. The minimum Gasteiger partial charge on any atom is -0.305 e. The van der Waals surface area contributed by atoms with E-state index in [1.54, 1.807) is 0 Å². The monoisotopic (exact) mass is 484 g/mol. The average molecular weight is 485 g/mol. The summed E-state index contributed by atoms with van der Waals surface area (Å²) in [5.41, 5.74) is 2.12. The van der Waals surface area contributed by atoms with Gasteiger partial charge in [0.25, 0.3) is 0 Å². The van der Waals surface area contributed by atoms with Gasteiger partial charge in [-0.15, -0.1) is 10.2 Å². The van der Waals surface area contributed by atoms with E-state index >= 15 is 0 Å². The summed E-state index contributed by atoms with van der Waals surface area (Å²) in [5, 5.41) is 9.71. The Bertz CT molecular complexity index is 1130. The van der Waals surface area contributed by atoms with Crippen LogP contribution in [0.5, 0.6) is 0 Å².